The predicted octanol–water partition coefficient (Wildman–Crippen LogP) is 1.56. The number of rotatable bonds is 4. The number of alkyl halides is 2. The zero-order valence-corrected chi connectivity index (χ0v) is 13.0. The molecule has 0 aromatic carbocycles. The third-order valence-electron chi connectivity index (χ3n) is 3.11. The van der Waals surface area contributed by atoms with Crippen LogP contribution in [-0.2, 0) is 9.53 Å². The van der Waals surface area contributed by atoms with Gasteiger partial charge in [0, 0.05) is 15.7 Å². The first-order chi connectivity index (χ1) is 7.95. The van der Waals surface area contributed by atoms with Crippen molar-refractivity contribution in [1.29, 1.82) is 0 Å². The van der Waals surface area contributed by atoms with Gasteiger partial charge in [0.2, 0.25) is 0 Å². The van der Waals surface area contributed by atoms with Crippen molar-refractivity contribution in [1.82, 2.24) is 0 Å². The average Bonchev–Trinajstić information content (AvgIpc) is 2.25. The van der Waals surface area contributed by atoms with Crippen molar-refractivity contribution in [2.24, 2.45) is 11.7 Å². The molecule has 0 aliphatic heterocycles. The van der Waals surface area contributed by atoms with Gasteiger partial charge in [0.15, 0.2) is 0 Å². The van der Waals surface area contributed by atoms with E-state index in [0.29, 0.717) is 6.61 Å². The number of aliphatic hydroxyl groups excluding tert-OH is 1. The standard InChI is InChI=1S/C11H19Br2NO3/c1-2-17-10(15)5-9(14)6-3-7(12)11(16)8(13)4-6/h6-9,11,16H,2-5,14H2,1H3. The summed E-state index contributed by atoms with van der Waals surface area (Å²) in [6.45, 7) is 2.17. The molecule has 0 heterocycles. The van der Waals surface area contributed by atoms with Crippen LogP contribution in [0.4, 0.5) is 0 Å². The van der Waals surface area contributed by atoms with E-state index in [1.165, 1.54) is 0 Å². The summed E-state index contributed by atoms with van der Waals surface area (Å²) in [6, 6.07) is -0.207. The summed E-state index contributed by atoms with van der Waals surface area (Å²) < 4.78 is 4.89. The van der Waals surface area contributed by atoms with Gasteiger partial charge in [-0.15, -0.1) is 0 Å². The van der Waals surface area contributed by atoms with E-state index in [2.05, 4.69) is 31.9 Å². The van der Waals surface area contributed by atoms with Gasteiger partial charge in [-0.3, -0.25) is 4.79 Å². The van der Waals surface area contributed by atoms with Gasteiger partial charge in [-0.05, 0) is 25.7 Å². The predicted molar refractivity (Wildman–Crippen MR) is 73.4 cm³/mol. The number of carbonyl (C=O) groups is 1. The van der Waals surface area contributed by atoms with E-state index in [0.717, 1.165) is 12.8 Å². The number of nitrogens with two attached hydrogens (primary N) is 1. The number of hydrogen-bond acceptors (Lipinski definition) is 4. The second kappa shape index (κ2) is 7.07. The molecule has 0 radical (unpaired) electrons. The summed E-state index contributed by atoms with van der Waals surface area (Å²) >= 11 is 6.90. The van der Waals surface area contributed by atoms with Crippen LogP contribution in [0.3, 0.4) is 0 Å². The average molecular weight is 373 g/mol. The Morgan fingerprint density at radius 2 is 2.00 bits per heavy atom. The highest BCUT2D eigenvalue weighted by Crippen LogP contribution is 2.35. The fraction of sp³-hybridized carbons (Fsp3) is 0.909. The molecule has 6 heteroatoms. The van der Waals surface area contributed by atoms with Crippen LogP contribution in [0.5, 0.6) is 0 Å². The van der Waals surface area contributed by atoms with Crippen LogP contribution in [0.2, 0.25) is 0 Å². The Balaban J connectivity index is 2.47. The fourth-order valence-corrected chi connectivity index (χ4v) is 4.22. The maximum atomic E-state index is 11.3. The minimum absolute atomic E-state index is 0.0267. The Kier molecular flexibility index (Phi) is 6.40. The second-order valence-corrected chi connectivity index (χ2v) is 6.78. The van der Waals surface area contributed by atoms with Crippen molar-refractivity contribution in [3.63, 3.8) is 0 Å². The van der Waals surface area contributed by atoms with Gasteiger partial charge < -0.3 is 15.6 Å². The minimum Gasteiger partial charge on any atom is -0.466 e. The van der Waals surface area contributed by atoms with Crippen LogP contribution in [0.25, 0.3) is 0 Å². The number of carbonyl (C=O) groups excluding carboxylic acids is 1. The van der Waals surface area contributed by atoms with Gasteiger partial charge in [-0.1, -0.05) is 31.9 Å². The molecule has 17 heavy (non-hydrogen) atoms. The summed E-state index contributed by atoms with van der Waals surface area (Å²) in [5.41, 5.74) is 6.03. The molecule has 1 aliphatic rings. The van der Waals surface area contributed by atoms with Crippen LogP contribution < -0.4 is 5.73 Å². The Hall–Kier alpha value is 0.350. The Labute approximate surface area is 119 Å². The highest BCUT2D eigenvalue weighted by atomic mass is 79.9. The van der Waals surface area contributed by atoms with Crippen molar-refractivity contribution in [3.8, 4) is 0 Å². The molecule has 3 atom stereocenters. The number of hydrogen-bond donors (Lipinski definition) is 2. The van der Waals surface area contributed by atoms with Crippen molar-refractivity contribution in [3.05, 3.63) is 0 Å². The van der Waals surface area contributed by atoms with E-state index in [9.17, 15) is 9.90 Å². The van der Waals surface area contributed by atoms with E-state index in [1.807, 2.05) is 0 Å². The number of halogens is 2. The molecule has 0 amide bonds. The Morgan fingerprint density at radius 3 is 2.47 bits per heavy atom. The zero-order chi connectivity index (χ0) is 13.0. The molecule has 3 N–H and O–H groups in total. The third-order valence-corrected chi connectivity index (χ3v) is 4.94. The lowest BCUT2D eigenvalue weighted by molar-refractivity contribution is -0.143. The lowest BCUT2D eigenvalue weighted by Gasteiger charge is -2.36. The van der Waals surface area contributed by atoms with E-state index in [4.69, 9.17) is 10.5 Å². The van der Waals surface area contributed by atoms with Crippen LogP contribution in [-0.4, -0.2) is 39.5 Å². The maximum Gasteiger partial charge on any atom is 0.307 e. The van der Waals surface area contributed by atoms with Gasteiger partial charge in [0.25, 0.3) is 0 Å². The van der Waals surface area contributed by atoms with Crippen molar-refractivity contribution in [2.45, 2.75) is 48.0 Å². The largest absolute Gasteiger partial charge is 0.466 e. The van der Waals surface area contributed by atoms with Crippen LogP contribution in [0, 0.1) is 5.92 Å². The third kappa shape index (κ3) is 4.50. The molecule has 1 saturated carbocycles. The molecule has 4 nitrogen and oxygen atoms in total. The van der Waals surface area contributed by atoms with Crippen molar-refractivity contribution >= 4 is 37.8 Å². The van der Waals surface area contributed by atoms with Crippen LogP contribution in [0.15, 0.2) is 0 Å². The topological polar surface area (TPSA) is 72.5 Å². The maximum absolute atomic E-state index is 11.3. The van der Waals surface area contributed by atoms with Gasteiger partial charge in [-0.2, -0.15) is 0 Å². The van der Waals surface area contributed by atoms with Gasteiger partial charge in [-0.25, -0.2) is 0 Å². The lowest BCUT2D eigenvalue weighted by atomic mass is 9.81. The van der Waals surface area contributed by atoms with Crippen LogP contribution in [0.1, 0.15) is 26.2 Å². The highest BCUT2D eigenvalue weighted by Gasteiger charge is 2.36. The van der Waals surface area contributed by atoms with Gasteiger partial charge in [0.1, 0.15) is 0 Å². The smallest absolute Gasteiger partial charge is 0.307 e. The molecule has 1 aliphatic carbocycles. The fourth-order valence-electron chi connectivity index (χ4n) is 2.11. The normalized spacial score (nSPS) is 35.4. The first kappa shape index (κ1) is 15.4. The molecular formula is C11H19Br2NO3. The summed E-state index contributed by atoms with van der Waals surface area (Å²) in [5.74, 6) is -0.0278. The Morgan fingerprint density at radius 1 is 1.47 bits per heavy atom. The van der Waals surface area contributed by atoms with E-state index >= 15 is 0 Å². The van der Waals surface area contributed by atoms with Crippen LogP contribution >= 0.6 is 31.9 Å². The molecule has 0 aromatic rings. The SMILES string of the molecule is CCOC(=O)CC(N)C1CC(Br)C(O)C(Br)C1. The number of ether oxygens (including phenoxy) is 1. The Bertz CT molecular complexity index is 253. The second-order valence-electron chi connectivity index (χ2n) is 4.43. The van der Waals surface area contributed by atoms with Gasteiger partial charge >= 0.3 is 5.97 Å². The van der Waals surface area contributed by atoms with Crippen molar-refractivity contribution in [2.75, 3.05) is 6.61 Å². The molecule has 1 fully saturated rings. The lowest BCUT2D eigenvalue weighted by Crippen LogP contribution is -2.45. The summed E-state index contributed by atoms with van der Waals surface area (Å²) in [6.07, 6.45) is 1.41. The molecule has 100 valence electrons. The molecule has 0 bridgehead atoms. The molecule has 0 spiro atoms. The molecule has 0 saturated heterocycles. The molecule has 1 rings (SSSR count). The van der Waals surface area contributed by atoms with Gasteiger partial charge in [0.05, 0.1) is 19.1 Å². The molecular weight excluding hydrogens is 354 g/mol. The first-order valence-electron chi connectivity index (χ1n) is 5.83. The number of esters is 1. The number of aliphatic hydroxyl groups is 1. The molecule has 3 unspecified atom stereocenters. The zero-order valence-electron chi connectivity index (χ0n) is 9.81. The monoisotopic (exact) mass is 371 g/mol. The first-order valence-corrected chi connectivity index (χ1v) is 7.66. The summed E-state index contributed by atoms with van der Waals surface area (Å²) in [4.78, 5) is 11.4. The van der Waals surface area contributed by atoms with Crippen molar-refractivity contribution < 1.29 is 14.6 Å². The quantitative estimate of drug-likeness (QED) is 0.580. The highest BCUT2D eigenvalue weighted by molar-refractivity contribution is 9.10. The van der Waals surface area contributed by atoms with E-state index in [1.54, 1.807) is 6.92 Å². The van der Waals surface area contributed by atoms with E-state index < -0.39 is 6.10 Å². The molecule has 0 aromatic heterocycles. The summed E-state index contributed by atoms with van der Waals surface area (Å²) in [5, 5.41) is 9.79. The minimum atomic E-state index is -0.402. The van der Waals surface area contributed by atoms with E-state index in [-0.39, 0.29) is 34.0 Å². The summed E-state index contributed by atoms with van der Waals surface area (Å²) in [7, 11) is 0.